The van der Waals surface area contributed by atoms with Crippen LogP contribution in [-0.2, 0) is 16.8 Å². The third-order valence-electron chi connectivity index (χ3n) is 6.23. The number of amides is 1. The van der Waals surface area contributed by atoms with Crippen molar-refractivity contribution in [2.45, 2.75) is 45.7 Å². The van der Waals surface area contributed by atoms with Gasteiger partial charge in [0.1, 0.15) is 18.1 Å². The van der Waals surface area contributed by atoms with Gasteiger partial charge >= 0.3 is 0 Å². The summed E-state index contributed by atoms with van der Waals surface area (Å²) in [7, 11) is 0. The zero-order valence-electron chi connectivity index (χ0n) is 21.6. The van der Waals surface area contributed by atoms with E-state index in [4.69, 9.17) is 10.2 Å². The Morgan fingerprint density at radius 2 is 1.82 bits per heavy atom. The minimum Gasteiger partial charge on any atom is -0.417 e. The fourth-order valence-electron chi connectivity index (χ4n) is 3.96. The molecule has 0 bridgehead atoms. The molecule has 196 valence electrons. The molecule has 0 aliphatic heterocycles. The molecule has 0 saturated carbocycles. The van der Waals surface area contributed by atoms with Crippen LogP contribution in [0.4, 0.5) is 5.69 Å². The van der Waals surface area contributed by atoms with Gasteiger partial charge in [0.2, 0.25) is 17.6 Å². The monoisotopic (exact) mass is 515 g/mol. The predicted molar refractivity (Wildman–Crippen MR) is 140 cm³/mol. The molecule has 38 heavy (non-hydrogen) atoms. The summed E-state index contributed by atoms with van der Waals surface area (Å²) in [6.45, 7) is 6.99. The van der Waals surface area contributed by atoms with E-state index >= 15 is 0 Å². The molecular formula is C27H29N7O4. The molecule has 1 aromatic carbocycles. The van der Waals surface area contributed by atoms with Gasteiger partial charge < -0.3 is 15.5 Å². The van der Waals surface area contributed by atoms with E-state index in [1.807, 2.05) is 44.2 Å². The molecule has 0 aliphatic carbocycles. The molecule has 0 aliphatic rings. The molecule has 4 aromatic rings. The van der Waals surface area contributed by atoms with Gasteiger partial charge in [-0.3, -0.25) is 23.9 Å². The molecule has 0 unspecified atom stereocenters. The Labute approximate surface area is 219 Å². The molecule has 4 rings (SSSR count). The lowest BCUT2D eigenvalue weighted by Crippen LogP contribution is -2.46. The van der Waals surface area contributed by atoms with Crippen LogP contribution in [0.3, 0.4) is 0 Å². The maximum Gasteiger partial charge on any atom is 0.286 e. The maximum atomic E-state index is 13.3. The van der Waals surface area contributed by atoms with Crippen molar-refractivity contribution < 1.29 is 14.0 Å². The van der Waals surface area contributed by atoms with E-state index in [2.05, 4.69) is 25.5 Å². The number of Topliss-reactive ketones (excluding diaryl/α,β-unsaturated/α-hetero) is 1. The number of nitrogen functional groups attached to an aromatic ring is 1. The minimum atomic E-state index is -0.970. The van der Waals surface area contributed by atoms with Crippen molar-refractivity contribution in [3.63, 3.8) is 0 Å². The van der Waals surface area contributed by atoms with Gasteiger partial charge in [-0.15, -0.1) is 10.2 Å². The summed E-state index contributed by atoms with van der Waals surface area (Å²) in [4.78, 5) is 47.5. The zero-order valence-corrected chi connectivity index (χ0v) is 21.6. The van der Waals surface area contributed by atoms with E-state index in [9.17, 15) is 14.4 Å². The second-order valence-corrected chi connectivity index (χ2v) is 9.73. The largest absolute Gasteiger partial charge is 0.417 e. The molecule has 1 atom stereocenters. The number of benzene rings is 1. The van der Waals surface area contributed by atoms with Gasteiger partial charge in [0.25, 0.3) is 11.4 Å². The Bertz CT molecular complexity index is 1490. The van der Waals surface area contributed by atoms with Gasteiger partial charge in [-0.05, 0) is 37.5 Å². The van der Waals surface area contributed by atoms with Crippen LogP contribution in [0.25, 0.3) is 11.4 Å². The van der Waals surface area contributed by atoms with Crippen molar-refractivity contribution >= 4 is 17.4 Å². The molecule has 0 radical (unpaired) electrons. The Morgan fingerprint density at radius 3 is 2.47 bits per heavy atom. The molecule has 3 heterocycles. The average molecular weight is 516 g/mol. The van der Waals surface area contributed by atoms with Crippen molar-refractivity contribution in [2.24, 2.45) is 5.92 Å². The summed E-state index contributed by atoms with van der Waals surface area (Å²) in [5.41, 5.74) is 5.93. The van der Waals surface area contributed by atoms with Gasteiger partial charge in [0, 0.05) is 18.0 Å². The average Bonchev–Trinajstić information content (AvgIpc) is 3.42. The summed E-state index contributed by atoms with van der Waals surface area (Å²) >= 11 is 0. The van der Waals surface area contributed by atoms with E-state index in [0.717, 1.165) is 10.1 Å². The SMILES string of the molecule is CC(C)[C@H](NC(=O)Cn1c(-c2cccnc2)ncc(N)c1=O)C(=O)c1nnc(C(C)(C)c2ccccc2)o1. The van der Waals surface area contributed by atoms with Crippen LogP contribution in [0.1, 0.15) is 49.8 Å². The quantitative estimate of drug-likeness (QED) is 0.319. The van der Waals surface area contributed by atoms with Gasteiger partial charge in [-0.1, -0.05) is 44.2 Å². The van der Waals surface area contributed by atoms with Crippen LogP contribution in [-0.4, -0.2) is 42.5 Å². The standard InChI is InChI=1S/C27H29N7O4/c1-16(2)21(22(36)24-32-33-26(38-24)27(3,4)18-10-6-5-7-11-18)31-20(35)15-34-23(17-9-8-12-29-13-17)30-14-19(28)25(34)37/h5-14,16,21H,15,28H2,1-4H3,(H,31,35)/t21-/m0/s1. The van der Waals surface area contributed by atoms with Crippen LogP contribution in [0.2, 0.25) is 0 Å². The Hall–Kier alpha value is -4.67. The van der Waals surface area contributed by atoms with Crippen LogP contribution < -0.4 is 16.6 Å². The Morgan fingerprint density at radius 1 is 1.08 bits per heavy atom. The van der Waals surface area contributed by atoms with Crippen LogP contribution in [0, 0.1) is 5.92 Å². The van der Waals surface area contributed by atoms with Gasteiger partial charge in [-0.2, -0.15) is 0 Å². The van der Waals surface area contributed by atoms with E-state index < -0.39 is 35.3 Å². The minimum absolute atomic E-state index is 0.110. The summed E-state index contributed by atoms with van der Waals surface area (Å²) in [6.07, 6.45) is 4.35. The number of hydrogen-bond acceptors (Lipinski definition) is 9. The van der Waals surface area contributed by atoms with E-state index in [1.54, 1.807) is 32.2 Å². The Balaban J connectivity index is 1.56. The summed E-state index contributed by atoms with van der Waals surface area (Å²) in [6, 6.07) is 12.0. The summed E-state index contributed by atoms with van der Waals surface area (Å²) < 4.78 is 6.95. The van der Waals surface area contributed by atoms with Crippen LogP contribution in [0.15, 0.2) is 70.3 Å². The molecule has 3 aromatic heterocycles. The lowest BCUT2D eigenvalue weighted by atomic mass is 9.85. The predicted octanol–water partition coefficient (Wildman–Crippen LogP) is 2.62. The second kappa shape index (κ2) is 10.8. The third-order valence-corrected chi connectivity index (χ3v) is 6.23. The van der Waals surface area contributed by atoms with Crippen LogP contribution in [0.5, 0.6) is 0 Å². The zero-order chi connectivity index (χ0) is 27.4. The molecule has 11 heteroatoms. The number of anilines is 1. The second-order valence-electron chi connectivity index (χ2n) is 9.73. The maximum absolute atomic E-state index is 13.3. The highest BCUT2D eigenvalue weighted by atomic mass is 16.4. The number of hydrogen-bond donors (Lipinski definition) is 2. The van der Waals surface area contributed by atoms with Crippen molar-refractivity contribution in [3.05, 3.63) is 88.8 Å². The molecule has 1 amide bonds. The number of carbonyl (C=O) groups is 2. The van der Waals surface area contributed by atoms with Crippen molar-refractivity contribution in [1.82, 2.24) is 30.0 Å². The topological polar surface area (TPSA) is 159 Å². The van der Waals surface area contributed by atoms with Crippen molar-refractivity contribution in [1.29, 1.82) is 0 Å². The first-order valence-corrected chi connectivity index (χ1v) is 12.1. The highest BCUT2D eigenvalue weighted by molar-refractivity contribution is 5.98. The molecule has 11 nitrogen and oxygen atoms in total. The first kappa shape index (κ1) is 26.4. The van der Waals surface area contributed by atoms with Gasteiger partial charge in [0.15, 0.2) is 0 Å². The molecule has 0 fully saturated rings. The van der Waals surface area contributed by atoms with Gasteiger partial charge in [-0.25, -0.2) is 4.98 Å². The number of carbonyl (C=O) groups excluding carboxylic acids is 2. The highest BCUT2D eigenvalue weighted by Crippen LogP contribution is 2.30. The van der Waals surface area contributed by atoms with Gasteiger partial charge in [0.05, 0.1) is 17.7 Å². The number of nitrogens with zero attached hydrogens (tertiary/aromatic N) is 5. The molecular weight excluding hydrogens is 486 g/mol. The summed E-state index contributed by atoms with van der Waals surface area (Å²) in [5.74, 6) is -1.12. The highest BCUT2D eigenvalue weighted by Gasteiger charge is 2.34. The lowest BCUT2D eigenvalue weighted by molar-refractivity contribution is -0.122. The van der Waals surface area contributed by atoms with Crippen molar-refractivity contribution in [2.75, 3.05) is 5.73 Å². The van der Waals surface area contributed by atoms with Crippen molar-refractivity contribution in [3.8, 4) is 11.4 Å². The smallest absolute Gasteiger partial charge is 0.286 e. The number of nitrogens with two attached hydrogens (primary N) is 1. The van der Waals surface area contributed by atoms with E-state index in [0.29, 0.717) is 5.56 Å². The summed E-state index contributed by atoms with van der Waals surface area (Å²) in [5, 5.41) is 10.8. The van der Waals surface area contributed by atoms with E-state index in [-0.39, 0.29) is 29.2 Å². The fourth-order valence-corrected chi connectivity index (χ4v) is 3.96. The van der Waals surface area contributed by atoms with E-state index in [1.165, 1.54) is 12.4 Å². The first-order valence-electron chi connectivity index (χ1n) is 12.1. The normalized spacial score (nSPS) is 12.3. The Kier molecular flexibility index (Phi) is 7.47. The number of rotatable bonds is 9. The number of nitrogens with one attached hydrogen (secondary N) is 1. The number of aromatic nitrogens is 5. The number of ketones is 1. The molecule has 3 N–H and O–H groups in total. The fraction of sp³-hybridized carbons (Fsp3) is 0.296. The number of pyridine rings is 1. The molecule has 0 saturated heterocycles. The third kappa shape index (κ3) is 5.36. The lowest BCUT2D eigenvalue weighted by Gasteiger charge is -2.21. The first-order chi connectivity index (χ1) is 18.1. The molecule has 0 spiro atoms. The van der Waals surface area contributed by atoms with Crippen LogP contribution >= 0.6 is 0 Å².